The summed E-state index contributed by atoms with van der Waals surface area (Å²) >= 11 is 0. The van der Waals surface area contributed by atoms with E-state index in [0.717, 1.165) is 18.7 Å². The molecule has 2 aromatic rings. The first-order chi connectivity index (χ1) is 10.6. The van der Waals surface area contributed by atoms with E-state index in [1.807, 2.05) is 19.1 Å². The Hall–Kier alpha value is -2.21. The second-order valence-corrected chi connectivity index (χ2v) is 5.20. The number of nitrogens with zero attached hydrogens (tertiary/aromatic N) is 1. The fraction of sp³-hybridized carbons (Fsp3) is 0.438. The smallest absolute Gasteiger partial charge is 0.191 e. The molecule has 2 rings (SSSR count). The minimum Gasteiger partial charge on any atom is -0.469 e. The van der Waals surface area contributed by atoms with Crippen LogP contribution in [0.15, 0.2) is 50.6 Å². The van der Waals surface area contributed by atoms with Gasteiger partial charge in [0.2, 0.25) is 0 Å². The molecule has 0 saturated heterocycles. The molecule has 0 amide bonds. The molecule has 0 saturated carbocycles. The summed E-state index contributed by atoms with van der Waals surface area (Å²) in [5, 5.41) is 16.8. The van der Waals surface area contributed by atoms with Gasteiger partial charge in [0.25, 0.3) is 0 Å². The van der Waals surface area contributed by atoms with Crippen molar-refractivity contribution in [2.75, 3.05) is 19.6 Å². The van der Waals surface area contributed by atoms with Gasteiger partial charge in [-0.25, -0.2) is 4.99 Å². The van der Waals surface area contributed by atoms with Gasteiger partial charge in [0.05, 0.1) is 19.1 Å². The molecular weight excluding hydrogens is 282 g/mol. The summed E-state index contributed by atoms with van der Waals surface area (Å²) in [5.41, 5.74) is -1.13. The molecule has 3 N–H and O–H groups in total. The molecule has 1 unspecified atom stereocenters. The zero-order chi connectivity index (χ0) is 15.8. The van der Waals surface area contributed by atoms with Crippen LogP contribution in [-0.4, -0.2) is 30.7 Å². The van der Waals surface area contributed by atoms with Gasteiger partial charge in [-0.15, -0.1) is 0 Å². The van der Waals surface area contributed by atoms with E-state index in [9.17, 15) is 5.11 Å². The number of aliphatic hydroxyl groups is 1. The summed E-state index contributed by atoms with van der Waals surface area (Å²) in [6.07, 6.45) is 3.97. The number of aliphatic imine (C=N–C) groups is 1. The molecule has 0 fully saturated rings. The summed E-state index contributed by atoms with van der Waals surface area (Å²) < 4.78 is 10.5. The lowest BCUT2D eigenvalue weighted by Gasteiger charge is -2.19. The van der Waals surface area contributed by atoms with Gasteiger partial charge >= 0.3 is 0 Å². The quantitative estimate of drug-likeness (QED) is 0.537. The van der Waals surface area contributed by atoms with Crippen molar-refractivity contribution in [3.63, 3.8) is 0 Å². The largest absolute Gasteiger partial charge is 0.469 e. The number of guanidine groups is 1. The van der Waals surface area contributed by atoms with Crippen molar-refractivity contribution >= 4 is 5.96 Å². The predicted molar refractivity (Wildman–Crippen MR) is 84.7 cm³/mol. The van der Waals surface area contributed by atoms with Crippen LogP contribution in [-0.2, 0) is 12.0 Å². The second kappa shape index (κ2) is 7.70. The lowest BCUT2D eigenvalue weighted by atomic mass is 10.0. The molecule has 0 radical (unpaired) electrons. The number of nitrogens with one attached hydrogen (secondary N) is 2. The average Bonchev–Trinajstić information content (AvgIpc) is 3.18. The number of rotatable bonds is 7. The van der Waals surface area contributed by atoms with Gasteiger partial charge < -0.3 is 24.6 Å². The third-order valence-electron chi connectivity index (χ3n) is 3.19. The first-order valence-electron chi connectivity index (χ1n) is 7.43. The molecule has 0 aromatic carbocycles. The van der Waals surface area contributed by atoms with E-state index in [4.69, 9.17) is 8.83 Å². The minimum absolute atomic E-state index is 0.205. The van der Waals surface area contributed by atoms with Crippen LogP contribution in [0.2, 0.25) is 0 Å². The first kappa shape index (κ1) is 16.2. The van der Waals surface area contributed by atoms with Crippen molar-refractivity contribution < 1.29 is 13.9 Å². The Morgan fingerprint density at radius 3 is 2.64 bits per heavy atom. The van der Waals surface area contributed by atoms with Gasteiger partial charge in [-0.3, -0.25) is 0 Å². The summed E-state index contributed by atoms with van der Waals surface area (Å²) in [5.74, 6) is 2.08. The molecule has 120 valence electrons. The Kier molecular flexibility index (Phi) is 5.66. The summed E-state index contributed by atoms with van der Waals surface area (Å²) in [4.78, 5) is 4.41. The number of hydrogen-bond acceptors (Lipinski definition) is 4. The fourth-order valence-corrected chi connectivity index (χ4v) is 2.00. The van der Waals surface area contributed by atoms with Crippen molar-refractivity contribution in [1.29, 1.82) is 0 Å². The molecular formula is C16H23N3O3. The highest BCUT2D eigenvalue weighted by Gasteiger charge is 2.25. The Morgan fingerprint density at radius 1 is 1.23 bits per heavy atom. The maximum Gasteiger partial charge on any atom is 0.191 e. The molecule has 22 heavy (non-hydrogen) atoms. The van der Waals surface area contributed by atoms with Gasteiger partial charge in [0.15, 0.2) is 5.96 Å². The molecule has 6 nitrogen and oxygen atoms in total. The molecule has 0 bridgehead atoms. The Labute approximate surface area is 130 Å². The van der Waals surface area contributed by atoms with Gasteiger partial charge in [-0.1, -0.05) is 0 Å². The van der Waals surface area contributed by atoms with E-state index < -0.39 is 5.60 Å². The van der Waals surface area contributed by atoms with Gasteiger partial charge in [-0.05, 0) is 38.1 Å². The Bertz CT molecular complexity index is 559. The molecule has 0 spiro atoms. The van der Waals surface area contributed by atoms with Crippen LogP contribution in [0.25, 0.3) is 0 Å². The van der Waals surface area contributed by atoms with Crippen LogP contribution in [0, 0.1) is 0 Å². The van der Waals surface area contributed by atoms with Crippen molar-refractivity contribution in [1.82, 2.24) is 10.6 Å². The fourth-order valence-electron chi connectivity index (χ4n) is 2.00. The van der Waals surface area contributed by atoms with E-state index in [1.54, 1.807) is 31.6 Å². The van der Waals surface area contributed by atoms with Gasteiger partial charge in [0.1, 0.15) is 17.1 Å². The van der Waals surface area contributed by atoms with E-state index in [0.29, 0.717) is 18.3 Å². The summed E-state index contributed by atoms with van der Waals surface area (Å²) in [6.45, 7) is 5.32. The first-order valence-corrected chi connectivity index (χ1v) is 7.43. The zero-order valence-electron chi connectivity index (χ0n) is 13.0. The third-order valence-corrected chi connectivity index (χ3v) is 3.19. The maximum absolute atomic E-state index is 10.4. The third kappa shape index (κ3) is 4.66. The standard InChI is InChI=1S/C16H23N3O3/c1-3-17-15(18-9-8-13-6-4-10-21-13)19-12-16(2,20)14-7-5-11-22-14/h4-7,10-11,20H,3,8-9,12H2,1-2H3,(H2,17,18,19). The lowest BCUT2D eigenvalue weighted by Crippen LogP contribution is -2.39. The van der Waals surface area contributed by atoms with Crippen LogP contribution < -0.4 is 10.6 Å². The van der Waals surface area contributed by atoms with Crippen molar-refractivity contribution in [3.05, 3.63) is 48.3 Å². The molecule has 0 aliphatic carbocycles. The molecule has 1 atom stereocenters. The maximum atomic E-state index is 10.4. The number of furan rings is 2. The lowest BCUT2D eigenvalue weighted by molar-refractivity contribution is 0.0437. The van der Waals surface area contributed by atoms with Crippen LogP contribution in [0.3, 0.4) is 0 Å². The highest BCUT2D eigenvalue weighted by Crippen LogP contribution is 2.20. The Morgan fingerprint density at radius 2 is 2.00 bits per heavy atom. The zero-order valence-corrected chi connectivity index (χ0v) is 13.0. The van der Waals surface area contributed by atoms with E-state index in [1.165, 1.54) is 0 Å². The second-order valence-electron chi connectivity index (χ2n) is 5.20. The van der Waals surface area contributed by atoms with Crippen molar-refractivity contribution in [2.45, 2.75) is 25.9 Å². The van der Waals surface area contributed by atoms with E-state index in [-0.39, 0.29) is 6.54 Å². The van der Waals surface area contributed by atoms with Crippen molar-refractivity contribution in [3.8, 4) is 0 Å². The van der Waals surface area contributed by atoms with Gasteiger partial charge in [-0.2, -0.15) is 0 Å². The van der Waals surface area contributed by atoms with Crippen LogP contribution in [0.1, 0.15) is 25.4 Å². The molecule has 2 aromatic heterocycles. The van der Waals surface area contributed by atoms with Crippen LogP contribution in [0.5, 0.6) is 0 Å². The topological polar surface area (TPSA) is 82.9 Å². The summed E-state index contributed by atoms with van der Waals surface area (Å²) in [6, 6.07) is 7.30. The Balaban J connectivity index is 1.89. The van der Waals surface area contributed by atoms with E-state index in [2.05, 4.69) is 15.6 Å². The van der Waals surface area contributed by atoms with Crippen molar-refractivity contribution in [2.24, 2.45) is 4.99 Å². The monoisotopic (exact) mass is 305 g/mol. The molecule has 2 heterocycles. The van der Waals surface area contributed by atoms with E-state index >= 15 is 0 Å². The normalized spacial score (nSPS) is 14.6. The molecule has 0 aliphatic rings. The highest BCUT2D eigenvalue weighted by molar-refractivity contribution is 5.79. The minimum atomic E-state index is -1.13. The average molecular weight is 305 g/mol. The highest BCUT2D eigenvalue weighted by atomic mass is 16.4. The van der Waals surface area contributed by atoms with Gasteiger partial charge in [0, 0.05) is 19.5 Å². The summed E-state index contributed by atoms with van der Waals surface area (Å²) in [7, 11) is 0. The van der Waals surface area contributed by atoms with Crippen LogP contribution >= 0.6 is 0 Å². The predicted octanol–water partition coefficient (Wildman–Crippen LogP) is 1.88. The SMILES string of the molecule is CCNC(=NCC(C)(O)c1ccco1)NCCc1ccco1. The molecule has 6 heteroatoms. The number of hydrogen-bond donors (Lipinski definition) is 3. The van der Waals surface area contributed by atoms with Crippen LogP contribution in [0.4, 0.5) is 0 Å². The molecule has 0 aliphatic heterocycles.